The lowest BCUT2D eigenvalue weighted by atomic mass is 10.0. The van der Waals surface area contributed by atoms with E-state index in [2.05, 4.69) is 27.1 Å². The fourth-order valence-electron chi connectivity index (χ4n) is 3.41. The van der Waals surface area contributed by atoms with E-state index in [4.69, 9.17) is 5.73 Å². The maximum absolute atomic E-state index is 12.7. The number of anilines is 3. The van der Waals surface area contributed by atoms with Crippen LogP contribution in [0.25, 0.3) is 11.1 Å². The molecule has 0 bridgehead atoms. The monoisotopic (exact) mass is 387 g/mol. The molecule has 1 aromatic heterocycles. The summed E-state index contributed by atoms with van der Waals surface area (Å²) in [5, 5.41) is 2.92. The lowest BCUT2D eigenvalue weighted by Crippen LogP contribution is -2.44. The molecule has 0 radical (unpaired) electrons. The minimum Gasteiger partial charge on any atom is -0.397 e. The maximum atomic E-state index is 12.7. The standard InChI is InChI=1S/C23H25N5O/c1-27-11-13-28(14-12-27)22-10-8-19(16-25-22)23(29)26-21-15-18(7-9-20(21)24)17-5-3-2-4-6-17/h2-10,15-16H,11-14,24H2,1H3,(H,26,29). The average molecular weight is 387 g/mol. The minimum atomic E-state index is -0.223. The molecule has 148 valence electrons. The summed E-state index contributed by atoms with van der Waals surface area (Å²) >= 11 is 0. The maximum Gasteiger partial charge on any atom is 0.257 e. The molecule has 0 saturated carbocycles. The first-order chi connectivity index (χ1) is 14.1. The van der Waals surface area contributed by atoms with Crippen molar-refractivity contribution in [3.05, 3.63) is 72.4 Å². The fourth-order valence-corrected chi connectivity index (χ4v) is 3.41. The first kappa shape index (κ1) is 19.0. The van der Waals surface area contributed by atoms with Crippen molar-refractivity contribution < 1.29 is 4.79 Å². The summed E-state index contributed by atoms with van der Waals surface area (Å²) in [5.74, 6) is 0.680. The molecular formula is C23H25N5O. The zero-order valence-electron chi connectivity index (χ0n) is 16.5. The van der Waals surface area contributed by atoms with Crippen LogP contribution in [0, 0.1) is 0 Å². The first-order valence-electron chi connectivity index (χ1n) is 9.76. The van der Waals surface area contributed by atoms with Gasteiger partial charge in [-0.15, -0.1) is 0 Å². The number of nitrogens with zero attached hydrogens (tertiary/aromatic N) is 3. The van der Waals surface area contributed by atoms with E-state index in [0.717, 1.165) is 43.1 Å². The van der Waals surface area contributed by atoms with E-state index in [1.54, 1.807) is 6.20 Å². The first-order valence-corrected chi connectivity index (χ1v) is 9.76. The quantitative estimate of drug-likeness (QED) is 0.672. The molecule has 29 heavy (non-hydrogen) atoms. The number of benzene rings is 2. The molecule has 1 saturated heterocycles. The number of carbonyl (C=O) groups excluding carboxylic acids is 1. The number of pyridine rings is 1. The van der Waals surface area contributed by atoms with Gasteiger partial charge in [0.2, 0.25) is 0 Å². The number of nitrogen functional groups attached to an aromatic ring is 1. The summed E-state index contributed by atoms with van der Waals surface area (Å²) in [6.07, 6.45) is 1.63. The number of likely N-dealkylation sites (N-methyl/N-ethyl adjacent to an activating group) is 1. The van der Waals surface area contributed by atoms with Gasteiger partial charge >= 0.3 is 0 Å². The smallest absolute Gasteiger partial charge is 0.257 e. The van der Waals surface area contributed by atoms with E-state index in [9.17, 15) is 4.79 Å². The third-order valence-corrected chi connectivity index (χ3v) is 5.25. The molecule has 6 nitrogen and oxygen atoms in total. The Morgan fingerprint density at radius 2 is 1.72 bits per heavy atom. The Morgan fingerprint density at radius 1 is 0.966 bits per heavy atom. The number of hydrogen-bond donors (Lipinski definition) is 2. The molecule has 2 aromatic carbocycles. The van der Waals surface area contributed by atoms with Crippen molar-refractivity contribution in [2.75, 3.05) is 49.2 Å². The number of piperazine rings is 1. The van der Waals surface area contributed by atoms with Crippen LogP contribution in [0.5, 0.6) is 0 Å². The lowest BCUT2D eigenvalue weighted by Gasteiger charge is -2.33. The summed E-state index contributed by atoms with van der Waals surface area (Å²) in [7, 11) is 2.12. The van der Waals surface area contributed by atoms with Gasteiger partial charge in [0.1, 0.15) is 5.82 Å². The Morgan fingerprint density at radius 3 is 2.41 bits per heavy atom. The van der Waals surface area contributed by atoms with Crippen LogP contribution in [0.1, 0.15) is 10.4 Å². The van der Waals surface area contributed by atoms with Crippen molar-refractivity contribution in [3.8, 4) is 11.1 Å². The van der Waals surface area contributed by atoms with Crippen LogP contribution in [-0.4, -0.2) is 49.0 Å². The predicted molar refractivity (Wildman–Crippen MR) is 118 cm³/mol. The molecule has 6 heteroatoms. The van der Waals surface area contributed by atoms with Crippen LogP contribution in [0.15, 0.2) is 66.9 Å². The van der Waals surface area contributed by atoms with Crippen molar-refractivity contribution in [2.24, 2.45) is 0 Å². The van der Waals surface area contributed by atoms with Crippen molar-refractivity contribution in [3.63, 3.8) is 0 Å². The Bertz CT molecular complexity index is 980. The molecule has 0 aliphatic carbocycles. The molecule has 0 spiro atoms. The molecule has 1 fully saturated rings. The molecule has 3 aromatic rings. The topological polar surface area (TPSA) is 74.5 Å². The summed E-state index contributed by atoms with van der Waals surface area (Å²) in [4.78, 5) is 21.7. The number of amides is 1. The van der Waals surface area contributed by atoms with Crippen LogP contribution < -0.4 is 16.0 Å². The van der Waals surface area contributed by atoms with E-state index >= 15 is 0 Å². The van der Waals surface area contributed by atoms with Gasteiger partial charge in [-0.3, -0.25) is 4.79 Å². The van der Waals surface area contributed by atoms with Crippen LogP contribution in [0.2, 0.25) is 0 Å². The Kier molecular flexibility index (Phi) is 5.44. The summed E-state index contributed by atoms with van der Waals surface area (Å²) in [6, 6.07) is 19.4. The zero-order valence-corrected chi connectivity index (χ0v) is 16.5. The third kappa shape index (κ3) is 4.38. The Balaban J connectivity index is 1.48. The second-order valence-corrected chi connectivity index (χ2v) is 7.32. The molecule has 0 unspecified atom stereocenters. The van der Waals surface area contributed by atoms with Crippen molar-refractivity contribution >= 4 is 23.1 Å². The largest absolute Gasteiger partial charge is 0.397 e. The van der Waals surface area contributed by atoms with E-state index in [1.165, 1.54) is 0 Å². The fraction of sp³-hybridized carbons (Fsp3) is 0.217. The average Bonchev–Trinajstić information content (AvgIpc) is 2.76. The Hall–Kier alpha value is -3.38. The highest BCUT2D eigenvalue weighted by Gasteiger charge is 2.16. The van der Waals surface area contributed by atoms with Crippen LogP contribution in [0.4, 0.5) is 17.2 Å². The van der Waals surface area contributed by atoms with Crippen LogP contribution in [0.3, 0.4) is 0 Å². The molecule has 3 N–H and O–H groups in total. The van der Waals surface area contributed by atoms with Crippen LogP contribution >= 0.6 is 0 Å². The van der Waals surface area contributed by atoms with Crippen molar-refractivity contribution in [1.29, 1.82) is 0 Å². The van der Waals surface area contributed by atoms with Gasteiger partial charge in [-0.05, 0) is 42.4 Å². The highest BCUT2D eigenvalue weighted by Crippen LogP contribution is 2.27. The summed E-state index contributed by atoms with van der Waals surface area (Å²) in [6.45, 7) is 3.91. The number of nitrogens with one attached hydrogen (secondary N) is 1. The molecule has 1 amide bonds. The number of rotatable bonds is 4. The van der Waals surface area contributed by atoms with Crippen molar-refractivity contribution in [1.82, 2.24) is 9.88 Å². The van der Waals surface area contributed by atoms with E-state index in [0.29, 0.717) is 16.9 Å². The molecule has 4 rings (SSSR count). The van der Waals surface area contributed by atoms with Gasteiger partial charge in [0.15, 0.2) is 0 Å². The second kappa shape index (κ2) is 8.32. The summed E-state index contributed by atoms with van der Waals surface area (Å²) < 4.78 is 0. The zero-order chi connectivity index (χ0) is 20.2. The normalized spacial score (nSPS) is 14.6. The number of hydrogen-bond acceptors (Lipinski definition) is 5. The number of nitrogens with two attached hydrogens (primary N) is 1. The lowest BCUT2D eigenvalue weighted by molar-refractivity contribution is 0.102. The van der Waals surface area contributed by atoms with Crippen molar-refractivity contribution in [2.45, 2.75) is 0 Å². The summed E-state index contributed by atoms with van der Waals surface area (Å²) in [5.41, 5.74) is 9.79. The van der Waals surface area contributed by atoms with Gasteiger partial charge in [0, 0.05) is 32.4 Å². The SMILES string of the molecule is CN1CCN(c2ccc(C(=O)Nc3cc(-c4ccccc4)ccc3N)cn2)CC1. The van der Waals surface area contributed by atoms with Gasteiger partial charge in [-0.25, -0.2) is 4.98 Å². The Labute approximate surface area is 171 Å². The van der Waals surface area contributed by atoms with Gasteiger partial charge in [0.05, 0.1) is 16.9 Å². The number of carbonyl (C=O) groups is 1. The highest BCUT2D eigenvalue weighted by molar-refractivity contribution is 6.06. The molecule has 1 aliphatic rings. The van der Waals surface area contributed by atoms with Crippen LogP contribution in [-0.2, 0) is 0 Å². The van der Waals surface area contributed by atoms with Gasteiger partial charge in [-0.2, -0.15) is 0 Å². The van der Waals surface area contributed by atoms with E-state index < -0.39 is 0 Å². The number of aromatic nitrogens is 1. The minimum absolute atomic E-state index is 0.223. The second-order valence-electron chi connectivity index (χ2n) is 7.32. The highest BCUT2D eigenvalue weighted by atomic mass is 16.1. The molecule has 2 heterocycles. The molecule has 1 aliphatic heterocycles. The van der Waals surface area contributed by atoms with E-state index in [1.807, 2.05) is 60.7 Å². The third-order valence-electron chi connectivity index (χ3n) is 5.25. The molecular weight excluding hydrogens is 362 g/mol. The predicted octanol–water partition coefficient (Wildman–Crippen LogP) is 3.33. The molecule has 0 atom stereocenters. The van der Waals surface area contributed by atoms with Gasteiger partial charge < -0.3 is 20.9 Å². The van der Waals surface area contributed by atoms with Gasteiger partial charge in [0.25, 0.3) is 5.91 Å². The van der Waals surface area contributed by atoms with Gasteiger partial charge in [-0.1, -0.05) is 36.4 Å². The van der Waals surface area contributed by atoms with E-state index in [-0.39, 0.29) is 5.91 Å².